The number of furan rings is 4. The van der Waals surface area contributed by atoms with Crippen molar-refractivity contribution in [3.63, 3.8) is 0 Å². The first kappa shape index (κ1) is 77.2. The van der Waals surface area contributed by atoms with E-state index in [-0.39, 0.29) is 47.0 Å². The maximum Gasteiger partial charge on any atom is 0.320 e. The van der Waals surface area contributed by atoms with Gasteiger partial charge in [0.05, 0.1) is 54.2 Å². The highest BCUT2D eigenvalue weighted by Gasteiger charge is 2.24. The SMILES string of the molecule is CCOc1nc(-c2ccc3c(c2)oc2ccc4ccccc4c23)nc(-c2ccccc2O)n1.CCOc1nc(-c2ccc3oc4cc5ccccc5cc4c3c2)nc(-c2ccccc2O)n1.CCOc1nc(-c2ccccc2O)nc(-c2cccc3c2oc2ccccc23)n1.CCOc1nc(-c2ccccc2O)nc(-c2cccc3oc4ccccc4c23)n1. The lowest BCUT2D eigenvalue weighted by atomic mass is 10.0. The average Bonchev–Trinajstić information content (AvgIpc) is 1.61. The Balaban J connectivity index is 0.000000109. The van der Waals surface area contributed by atoms with Gasteiger partial charge in [0.2, 0.25) is 0 Å². The molecule has 604 valence electrons. The van der Waals surface area contributed by atoms with E-state index >= 15 is 0 Å². The first-order valence-corrected chi connectivity index (χ1v) is 40.1. The van der Waals surface area contributed by atoms with Crippen LogP contribution in [0.2, 0.25) is 0 Å². The number of benzene rings is 14. The summed E-state index contributed by atoms with van der Waals surface area (Å²) in [6.45, 7) is 9.14. The van der Waals surface area contributed by atoms with Gasteiger partial charge in [-0.05, 0) is 171 Å². The van der Waals surface area contributed by atoms with Crippen LogP contribution in [0.4, 0.5) is 0 Å². The summed E-state index contributed by atoms with van der Waals surface area (Å²) in [5.41, 5.74) is 11.4. The Morgan fingerprint density at radius 2 is 0.556 bits per heavy atom. The van der Waals surface area contributed by atoms with Crippen LogP contribution < -0.4 is 18.9 Å². The van der Waals surface area contributed by atoms with E-state index in [2.05, 4.69) is 102 Å². The smallest absolute Gasteiger partial charge is 0.320 e. The summed E-state index contributed by atoms with van der Waals surface area (Å²) in [6, 6.07) is 92.6. The van der Waals surface area contributed by atoms with E-state index in [1.807, 2.05) is 204 Å². The van der Waals surface area contributed by atoms with Gasteiger partial charge in [0.15, 0.2) is 46.6 Å². The number of hydrogen-bond acceptors (Lipinski definition) is 24. The van der Waals surface area contributed by atoms with Crippen molar-refractivity contribution in [1.82, 2.24) is 59.8 Å². The molecular formula is C100H72N12O12. The number of hydrogen-bond donors (Lipinski definition) is 4. The van der Waals surface area contributed by atoms with Gasteiger partial charge in [-0.25, -0.2) is 19.9 Å². The molecule has 0 amide bonds. The predicted molar refractivity (Wildman–Crippen MR) is 478 cm³/mol. The van der Waals surface area contributed by atoms with Crippen molar-refractivity contribution in [1.29, 1.82) is 0 Å². The van der Waals surface area contributed by atoms with Crippen LogP contribution in [-0.2, 0) is 0 Å². The van der Waals surface area contributed by atoms with Crippen molar-refractivity contribution in [2.75, 3.05) is 26.4 Å². The first-order chi connectivity index (χ1) is 60.9. The minimum absolute atomic E-state index is 0.0917. The molecule has 124 heavy (non-hydrogen) atoms. The minimum atomic E-state index is 0.0917. The molecule has 0 saturated carbocycles. The van der Waals surface area contributed by atoms with Crippen LogP contribution in [-0.4, -0.2) is 107 Å². The first-order valence-electron chi connectivity index (χ1n) is 40.1. The highest BCUT2D eigenvalue weighted by molar-refractivity contribution is 6.19. The molecule has 4 N–H and O–H groups in total. The molecule has 0 atom stereocenters. The average molecular weight is 1630 g/mol. The molecule has 0 spiro atoms. The van der Waals surface area contributed by atoms with Crippen LogP contribution in [0.5, 0.6) is 47.0 Å². The van der Waals surface area contributed by atoms with Crippen LogP contribution in [0.15, 0.2) is 309 Å². The predicted octanol–water partition coefficient (Wildman–Crippen LogP) is 23.1. The second-order valence-corrected chi connectivity index (χ2v) is 28.4. The Bertz CT molecular complexity index is 7820. The van der Waals surface area contributed by atoms with Crippen LogP contribution in [0.3, 0.4) is 0 Å². The number of aromatic nitrogens is 12. The number of fused-ring (bicyclic) bond motifs is 15. The lowest BCUT2D eigenvalue weighted by Crippen LogP contribution is -2.03. The standard InChI is InChI=1S/2C27H19N3O3.2C23H17N3O3/c1-2-32-27-29-25(28-26(30-27)19-9-5-6-10-21(19)31)17-11-13-20-23(15-17)33-22-14-12-16-7-3-4-8-18(16)24(20)22;1-2-32-27-29-25(28-26(30-27)19-9-5-6-10-22(19)31)18-11-12-23-20(14-18)21-13-16-7-3-4-8-17(16)15-24(21)33-23;1-2-28-23-25-21(16-9-3-5-12-18(16)27)24-22(26-23)17-11-7-10-15-14-8-4-6-13-19(14)29-20(15)17;1-2-28-23-25-21(14-8-3-5-11-17(14)27)24-22(26-23)16-10-7-13-19-20(16)15-9-4-6-12-18(15)29-19/h2*3-15,31H,2H2,1H3;2*3-13,27H,2H2,1H3. The van der Waals surface area contributed by atoms with Crippen molar-refractivity contribution in [2.45, 2.75) is 27.7 Å². The molecule has 0 saturated heterocycles. The van der Waals surface area contributed by atoms with Crippen LogP contribution in [0, 0.1) is 0 Å². The highest BCUT2D eigenvalue weighted by atomic mass is 16.5. The topological polar surface area (TPSA) is 325 Å². The van der Waals surface area contributed by atoms with E-state index in [9.17, 15) is 20.4 Å². The largest absolute Gasteiger partial charge is 0.507 e. The fourth-order valence-electron chi connectivity index (χ4n) is 15.0. The number of para-hydroxylation sites is 7. The second-order valence-electron chi connectivity index (χ2n) is 28.4. The van der Waals surface area contributed by atoms with Gasteiger partial charge in [-0.3, -0.25) is 0 Å². The van der Waals surface area contributed by atoms with E-state index in [1.165, 1.54) is 5.39 Å². The fourth-order valence-corrected chi connectivity index (χ4v) is 15.0. The second kappa shape index (κ2) is 33.6. The molecule has 24 nitrogen and oxygen atoms in total. The van der Waals surface area contributed by atoms with E-state index in [0.29, 0.717) is 101 Å². The Morgan fingerprint density at radius 3 is 1.10 bits per heavy atom. The zero-order valence-corrected chi connectivity index (χ0v) is 67.0. The van der Waals surface area contributed by atoms with Crippen molar-refractivity contribution in [2.24, 2.45) is 0 Å². The number of rotatable bonds is 16. The van der Waals surface area contributed by atoms with Gasteiger partial charge in [0, 0.05) is 59.8 Å². The van der Waals surface area contributed by atoms with E-state index in [0.717, 1.165) is 121 Å². The zero-order valence-electron chi connectivity index (χ0n) is 67.0. The number of phenolic OH excluding ortho intramolecular Hbond substituents is 4. The third-order valence-electron chi connectivity index (χ3n) is 20.6. The molecule has 8 heterocycles. The van der Waals surface area contributed by atoms with Gasteiger partial charge < -0.3 is 57.0 Å². The molecule has 0 radical (unpaired) electrons. The number of nitrogens with zero attached hydrogens (tertiary/aromatic N) is 12. The summed E-state index contributed by atoms with van der Waals surface area (Å²) in [7, 11) is 0. The van der Waals surface area contributed by atoms with E-state index in [4.69, 9.17) is 36.6 Å². The van der Waals surface area contributed by atoms with Crippen molar-refractivity contribution >= 4 is 109 Å². The maximum atomic E-state index is 10.3. The lowest BCUT2D eigenvalue weighted by Gasteiger charge is -2.09. The zero-order chi connectivity index (χ0) is 84.3. The number of aromatic hydroxyl groups is 4. The van der Waals surface area contributed by atoms with Gasteiger partial charge in [0.25, 0.3) is 0 Å². The molecule has 14 aromatic carbocycles. The number of ether oxygens (including phenoxy) is 4. The van der Waals surface area contributed by atoms with Gasteiger partial charge in [-0.15, -0.1) is 0 Å². The molecule has 0 aliphatic heterocycles. The summed E-state index contributed by atoms with van der Waals surface area (Å²) >= 11 is 0. The molecule has 24 heteroatoms. The minimum Gasteiger partial charge on any atom is -0.507 e. The Labute approximate surface area is 705 Å². The van der Waals surface area contributed by atoms with Crippen LogP contribution in [0.25, 0.3) is 200 Å². The summed E-state index contributed by atoms with van der Waals surface area (Å²) < 4.78 is 46.7. The monoisotopic (exact) mass is 1630 g/mol. The molecule has 22 rings (SSSR count). The molecule has 22 aromatic rings. The van der Waals surface area contributed by atoms with Gasteiger partial charge in [0.1, 0.15) is 67.7 Å². The van der Waals surface area contributed by atoms with Gasteiger partial charge in [-0.1, -0.05) is 170 Å². The molecule has 0 aliphatic carbocycles. The highest BCUT2D eigenvalue weighted by Crippen LogP contribution is 2.43. The van der Waals surface area contributed by atoms with Gasteiger partial charge in [-0.2, -0.15) is 39.9 Å². The van der Waals surface area contributed by atoms with Crippen LogP contribution >= 0.6 is 0 Å². The molecule has 8 aromatic heterocycles. The van der Waals surface area contributed by atoms with Crippen molar-refractivity contribution < 1.29 is 57.0 Å². The van der Waals surface area contributed by atoms with Crippen molar-refractivity contribution in [3.05, 3.63) is 291 Å². The summed E-state index contributed by atoms with van der Waals surface area (Å²) in [4.78, 5) is 54.1. The van der Waals surface area contributed by atoms with Crippen molar-refractivity contribution in [3.8, 4) is 138 Å². The molecule has 0 fully saturated rings. The van der Waals surface area contributed by atoms with Gasteiger partial charge >= 0.3 is 24.0 Å². The molecule has 0 aliphatic rings. The van der Waals surface area contributed by atoms with Crippen LogP contribution in [0.1, 0.15) is 27.7 Å². The Kier molecular flexibility index (Phi) is 20.9. The molecule has 0 unspecified atom stereocenters. The fraction of sp³-hybridized carbons (Fsp3) is 0.0800. The summed E-state index contributed by atoms with van der Waals surface area (Å²) in [5, 5.41) is 53.8. The molecule has 0 bridgehead atoms. The lowest BCUT2D eigenvalue weighted by molar-refractivity contribution is 0.312. The Hall–Kier alpha value is -16.8. The summed E-state index contributed by atoms with van der Waals surface area (Å²) in [6.07, 6.45) is 0. The quantitative estimate of drug-likeness (QED) is 0.0698. The van der Waals surface area contributed by atoms with E-state index in [1.54, 1.807) is 72.8 Å². The molecular weight excluding hydrogens is 1560 g/mol. The Morgan fingerprint density at radius 1 is 0.218 bits per heavy atom. The summed E-state index contributed by atoms with van der Waals surface area (Å²) in [5.74, 6) is 3.55. The van der Waals surface area contributed by atoms with E-state index < -0.39 is 0 Å². The maximum absolute atomic E-state index is 10.3. The number of phenols is 4. The normalized spacial score (nSPS) is 11.3. The third-order valence-corrected chi connectivity index (χ3v) is 20.6. The third kappa shape index (κ3) is 15.2.